The van der Waals surface area contributed by atoms with Crippen LogP contribution in [0.4, 0.5) is 5.69 Å². The molecule has 0 aromatic heterocycles. The molecule has 0 saturated carbocycles. The van der Waals surface area contributed by atoms with Crippen molar-refractivity contribution >= 4 is 23.4 Å². The van der Waals surface area contributed by atoms with Crippen LogP contribution in [0.5, 0.6) is 0 Å². The summed E-state index contributed by atoms with van der Waals surface area (Å²) in [6, 6.07) is 19.3. The highest BCUT2D eigenvalue weighted by Crippen LogP contribution is 2.26. The first-order valence-electron chi connectivity index (χ1n) is 10.4. The summed E-state index contributed by atoms with van der Waals surface area (Å²) in [6.45, 7) is 3.15. The summed E-state index contributed by atoms with van der Waals surface area (Å²) in [7, 11) is 4.33. The Morgan fingerprint density at radius 3 is 2.52 bits per heavy atom. The molecule has 1 aliphatic rings. The third-order valence-corrected chi connectivity index (χ3v) is 6.55. The molecule has 4 nitrogen and oxygen atoms in total. The average molecular weight is 412 g/mol. The lowest BCUT2D eigenvalue weighted by atomic mass is 9.87. The zero-order valence-electron chi connectivity index (χ0n) is 17.8. The predicted octanol–water partition coefficient (Wildman–Crippen LogP) is 4.58. The summed E-state index contributed by atoms with van der Waals surface area (Å²) in [5.41, 5.74) is 2.24. The fourth-order valence-electron chi connectivity index (χ4n) is 4.26. The van der Waals surface area contributed by atoms with Gasteiger partial charge in [0.2, 0.25) is 5.91 Å². The van der Waals surface area contributed by atoms with Crippen LogP contribution < -0.4 is 5.32 Å². The molecule has 1 aliphatic heterocycles. The molecule has 29 heavy (non-hydrogen) atoms. The number of rotatable bonds is 8. The fourth-order valence-corrected chi connectivity index (χ4v) is 4.67. The van der Waals surface area contributed by atoms with Crippen molar-refractivity contribution in [2.24, 2.45) is 5.92 Å². The molecule has 0 unspecified atom stereocenters. The maximum Gasteiger partial charge on any atom is 0.224 e. The molecule has 156 valence electrons. The molecule has 1 amide bonds. The highest BCUT2D eigenvalue weighted by molar-refractivity contribution is 7.98. The van der Waals surface area contributed by atoms with Gasteiger partial charge in [0.05, 0.1) is 0 Å². The van der Waals surface area contributed by atoms with Crippen LogP contribution in [-0.2, 0) is 11.3 Å². The van der Waals surface area contributed by atoms with E-state index < -0.39 is 0 Å². The van der Waals surface area contributed by atoms with Crippen LogP contribution in [0.1, 0.15) is 24.8 Å². The molecular formula is C24H33N3OS. The van der Waals surface area contributed by atoms with Crippen LogP contribution in [0.3, 0.4) is 0 Å². The topological polar surface area (TPSA) is 35.6 Å². The third kappa shape index (κ3) is 6.59. The van der Waals surface area contributed by atoms with E-state index in [4.69, 9.17) is 0 Å². The highest BCUT2D eigenvalue weighted by Gasteiger charge is 2.30. The molecule has 2 aromatic carbocycles. The molecule has 2 aromatic rings. The normalized spacial score (nSPS) is 20.0. The Balaban J connectivity index is 1.54. The average Bonchev–Trinajstić information content (AvgIpc) is 2.73. The Morgan fingerprint density at radius 2 is 1.86 bits per heavy atom. The summed E-state index contributed by atoms with van der Waals surface area (Å²) in [5.74, 6) is 0.617. The van der Waals surface area contributed by atoms with Gasteiger partial charge in [-0.15, -0.1) is 11.8 Å². The number of hydrogen-bond acceptors (Lipinski definition) is 4. The number of hydrogen-bond donors (Lipinski definition) is 1. The number of nitrogens with one attached hydrogen (secondary N) is 1. The van der Waals surface area contributed by atoms with Gasteiger partial charge in [0.25, 0.3) is 0 Å². The molecule has 0 aliphatic carbocycles. The van der Waals surface area contributed by atoms with Gasteiger partial charge >= 0.3 is 0 Å². The molecule has 0 bridgehead atoms. The number of piperidine rings is 1. The van der Waals surface area contributed by atoms with E-state index in [1.807, 2.05) is 24.3 Å². The molecule has 0 spiro atoms. The first-order valence-corrected chi connectivity index (χ1v) is 11.6. The molecular weight excluding hydrogens is 378 g/mol. The van der Waals surface area contributed by atoms with Gasteiger partial charge in [-0.1, -0.05) is 30.3 Å². The van der Waals surface area contributed by atoms with Gasteiger partial charge in [-0.05, 0) is 75.5 Å². The maximum atomic E-state index is 12.5. The van der Waals surface area contributed by atoms with Gasteiger partial charge in [0.1, 0.15) is 0 Å². The van der Waals surface area contributed by atoms with E-state index in [-0.39, 0.29) is 5.91 Å². The van der Waals surface area contributed by atoms with Crippen molar-refractivity contribution in [1.29, 1.82) is 0 Å². The van der Waals surface area contributed by atoms with Gasteiger partial charge in [0.15, 0.2) is 0 Å². The van der Waals surface area contributed by atoms with Crippen LogP contribution in [0.15, 0.2) is 59.5 Å². The van der Waals surface area contributed by atoms with Gasteiger partial charge in [-0.2, -0.15) is 0 Å². The minimum atomic E-state index is 0.111. The second-order valence-corrected chi connectivity index (χ2v) is 9.00. The number of benzene rings is 2. The van der Waals surface area contributed by atoms with Gasteiger partial charge in [-0.3, -0.25) is 9.69 Å². The van der Waals surface area contributed by atoms with Gasteiger partial charge < -0.3 is 10.2 Å². The van der Waals surface area contributed by atoms with Gasteiger partial charge in [-0.25, -0.2) is 0 Å². The van der Waals surface area contributed by atoms with Crippen LogP contribution in [-0.4, -0.2) is 55.2 Å². The Morgan fingerprint density at radius 1 is 1.14 bits per heavy atom. The molecule has 1 saturated heterocycles. The monoisotopic (exact) mass is 411 g/mol. The lowest BCUT2D eigenvalue weighted by Gasteiger charge is -2.41. The third-order valence-electron chi connectivity index (χ3n) is 5.81. The summed E-state index contributed by atoms with van der Waals surface area (Å²) >= 11 is 1.71. The van der Waals surface area contributed by atoms with Crippen LogP contribution >= 0.6 is 11.8 Å². The Bertz CT molecular complexity index is 763. The van der Waals surface area contributed by atoms with Crippen molar-refractivity contribution in [3.63, 3.8) is 0 Å². The lowest BCUT2D eigenvalue weighted by Crippen LogP contribution is -2.48. The van der Waals surface area contributed by atoms with Crippen LogP contribution in [0.2, 0.25) is 0 Å². The molecule has 1 fully saturated rings. The Hall–Kier alpha value is -1.82. The number of thioether (sulfide) groups is 1. The van der Waals surface area contributed by atoms with Crippen molar-refractivity contribution < 1.29 is 4.79 Å². The molecule has 2 atom stereocenters. The van der Waals surface area contributed by atoms with Crippen molar-refractivity contribution in [2.45, 2.75) is 36.7 Å². The zero-order valence-corrected chi connectivity index (χ0v) is 18.6. The SMILES string of the molecule is CSc1ccc(NC(=O)CC[C@H]2CN(Cc3ccccc3)CC[C@H]2N(C)C)cc1. The second-order valence-electron chi connectivity index (χ2n) is 8.12. The first kappa shape index (κ1) is 21.9. The summed E-state index contributed by atoms with van der Waals surface area (Å²) in [5, 5.41) is 3.05. The number of carbonyl (C=O) groups excluding carboxylic acids is 1. The minimum Gasteiger partial charge on any atom is -0.326 e. The van der Waals surface area contributed by atoms with E-state index in [0.717, 1.165) is 38.2 Å². The van der Waals surface area contributed by atoms with Crippen molar-refractivity contribution in [1.82, 2.24) is 9.80 Å². The molecule has 1 heterocycles. The molecule has 5 heteroatoms. The quantitative estimate of drug-likeness (QED) is 0.645. The number of likely N-dealkylation sites (tertiary alicyclic amines) is 1. The van der Waals surface area contributed by atoms with E-state index in [1.54, 1.807) is 11.8 Å². The van der Waals surface area contributed by atoms with Crippen LogP contribution in [0.25, 0.3) is 0 Å². The van der Waals surface area contributed by atoms with E-state index in [0.29, 0.717) is 18.4 Å². The Labute approximate surface area is 179 Å². The molecule has 3 rings (SSSR count). The standard InChI is InChI=1S/C24H33N3OS/c1-26(2)23-15-16-27(17-19-7-5-4-6-8-19)18-20(23)9-14-24(28)25-21-10-12-22(29-3)13-11-21/h4-8,10-13,20,23H,9,14-18H2,1-3H3,(H,25,28)/t20-,23+/m0/s1. The van der Waals surface area contributed by atoms with E-state index in [2.05, 4.69) is 65.8 Å². The zero-order chi connectivity index (χ0) is 20.6. The lowest BCUT2D eigenvalue weighted by molar-refractivity contribution is -0.116. The molecule has 1 N–H and O–H groups in total. The van der Waals surface area contributed by atoms with Crippen molar-refractivity contribution in [3.05, 3.63) is 60.2 Å². The summed E-state index contributed by atoms with van der Waals surface area (Å²) in [4.78, 5) is 18.6. The summed E-state index contributed by atoms with van der Waals surface area (Å²) < 4.78 is 0. The number of nitrogens with zero attached hydrogens (tertiary/aromatic N) is 2. The van der Waals surface area contributed by atoms with E-state index >= 15 is 0 Å². The van der Waals surface area contributed by atoms with Crippen molar-refractivity contribution in [3.8, 4) is 0 Å². The fraction of sp³-hybridized carbons (Fsp3) is 0.458. The predicted molar refractivity (Wildman–Crippen MR) is 123 cm³/mol. The molecule has 0 radical (unpaired) electrons. The van der Waals surface area contributed by atoms with Gasteiger partial charge in [0, 0.05) is 36.1 Å². The smallest absolute Gasteiger partial charge is 0.224 e. The largest absolute Gasteiger partial charge is 0.326 e. The Kier molecular flexibility index (Phi) is 8.16. The number of amides is 1. The first-order chi connectivity index (χ1) is 14.0. The maximum absolute atomic E-state index is 12.5. The second kappa shape index (κ2) is 10.8. The van der Waals surface area contributed by atoms with Crippen LogP contribution in [0, 0.1) is 5.92 Å². The number of anilines is 1. The summed E-state index contributed by atoms with van der Waals surface area (Å²) in [6.07, 6.45) is 4.70. The number of carbonyl (C=O) groups is 1. The minimum absolute atomic E-state index is 0.111. The van der Waals surface area contributed by atoms with E-state index in [1.165, 1.54) is 10.5 Å². The van der Waals surface area contributed by atoms with E-state index in [9.17, 15) is 4.79 Å². The highest BCUT2D eigenvalue weighted by atomic mass is 32.2. The van der Waals surface area contributed by atoms with Crippen molar-refractivity contribution in [2.75, 3.05) is 38.8 Å².